The van der Waals surface area contributed by atoms with E-state index in [4.69, 9.17) is 0 Å². The van der Waals surface area contributed by atoms with E-state index in [1.165, 1.54) is 12.1 Å². The number of anilines is 2. The van der Waals surface area contributed by atoms with E-state index in [2.05, 4.69) is 36.8 Å². The number of aromatic amines is 1. The van der Waals surface area contributed by atoms with Crippen LogP contribution in [0.4, 0.5) is 16.0 Å². The monoisotopic (exact) mass is 387 g/mol. The fourth-order valence-corrected chi connectivity index (χ4v) is 3.31. The van der Waals surface area contributed by atoms with Gasteiger partial charge in [0.25, 0.3) is 0 Å². The Hall–Kier alpha value is -3.78. The maximum Gasteiger partial charge on any atom is 0.247 e. The molecular formula is C21H18FN7. The lowest BCUT2D eigenvalue weighted by molar-refractivity contribution is 0.628. The van der Waals surface area contributed by atoms with Crippen molar-refractivity contribution in [3.05, 3.63) is 72.3 Å². The minimum Gasteiger partial charge on any atom is -0.341 e. The summed E-state index contributed by atoms with van der Waals surface area (Å²) in [5, 5.41) is 10.8. The van der Waals surface area contributed by atoms with E-state index < -0.39 is 0 Å². The van der Waals surface area contributed by atoms with Gasteiger partial charge in [-0.25, -0.2) is 13.9 Å². The predicted octanol–water partition coefficient (Wildman–Crippen LogP) is 3.87. The zero-order valence-electron chi connectivity index (χ0n) is 15.6. The number of imidazole rings is 1. The van der Waals surface area contributed by atoms with Crippen molar-refractivity contribution in [3.8, 4) is 11.3 Å². The zero-order valence-corrected chi connectivity index (χ0v) is 15.6. The standard InChI is InChI=1S/C21H18FN7/c1-23-12-19-25-16-10-5-13(11-17(16)26-19)18-3-2-4-20-27-21(28-29(18)20)24-15-8-6-14(22)7-9-15/h2-11,23H,12H2,1H3,(H,24,28)(H,25,26). The fraction of sp³-hybridized carbons (Fsp3) is 0.0952. The first kappa shape index (κ1) is 17.3. The first-order valence-corrected chi connectivity index (χ1v) is 9.21. The van der Waals surface area contributed by atoms with Gasteiger partial charge >= 0.3 is 0 Å². The third kappa shape index (κ3) is 3.30. The van der Waals surface area contributed by atoms with Crippen molar-refractivity contribution in [1.82, 2.24) is 29.9 Å². The zero-order chi connectivity index (χ0) is 19.8. The van der Waals surface area contributed by atoms with Crippen LogP contribution in [0.2, 0.25) is 0 Å². The van der Waals surface area contributed by atoms with Crippen LogP contribution in [0.5, 0.6) is 0 Å². The molecule has 0 bridgehead atoms. The topological polar surface area (TPSA) is 82.9 Å². The van der Waals surface area contributed by atoms with Crippen LogP contribution in [0.15, 0.2) is 60.7 Å². The molecule has 0 aliphatic carbocycles. The van der Waals surface area contributed by atoms with Gasteiger partial charge in [0.2, 0.25) is 5.95 Å². The SMILES string of the molecule is CNCc1nc2ccc(-c3cccc4nc(Nc5ccc(F)cc5)nn34)cc2[nH]1. The number of fused-ring (bicyclic) bond motifs is 2. The Balaban J connectivity index is 1.53. The molecule has 0 saturated carbocycles. The van der Waals surface area contributed by atoms with Crippen molar-refractivity contribution < 1.29 is 4.39 Å². The van der Waals surface area contributed by atoms with Gasteiger partial charge in [-0.2, -0.15) is 4.98 Å². The highest BCUT2D eigenvalue weighted by Gasteiger charge is 2.11. The van der Waals surface area contributed by atoms with Crippen LogP contribution in [-0.2, 0) is 6.54 Å². The number of aromatic nitrogens is 5. The molecule has 2 aromatic carbocycles. The lowest BCUT2D eigenvalue weighted by Gasteiger charge is -2.04. The summed E-state index contributed by atoms with van der Waals surface area (Å²) in [6.45, 7) is 0.682. The maximum absolute atomic E-state index is 13.1. The molecule has 5 aromatic rings. The number of rotatable bonds is 5. The largest absolute Gasteiger partial charge is 0.341 e. The van der Waals surface area contributed by atoms with E-state index in [0.717, 1.165) is 33.8 Å². The van der Waals surface area contributed by atoms with Crippen LogP contribution < -0.4 is 10.6 Å². The Morgan fingerprint density at radius 3 is 2.72 bits per heavy atom. The second-order valence-electron chi connectivity index (χ2n) is 6.69. The second kappa shape index (κ2) is 6.99. The Bertz CT molecular complexity index is 1300. The summed E-state index contributed by atoms with van der Waals surface area (Å²) in [7, 11) is 1.89. The summed E-state index contributed by atoms with van der Waals surface area (Å²) in [6, 6.07) is 18.0. The van der Waals surface area contributed by atoms with Crippen molar-refractivity contribution >= 4 is 28.3 Å². The Morgan fingerprint density at radius 1 is 1.03 bits per heavy atom. The van der Waals surface area contributed by atoms with E-state index in [9.17, 15) is 4.39 Å². The molecule has 0 fully saturated rings. The van der Waals surface area contributed by atoms with Gasteiger partial charge in [0, 0.05) is 11.3 Å². The third-order valence-corrected chi connectivity index (χ3v) is 4.63. The smallest absolute Gasteiger partial charge is 0.247 e. The molecule has 3 heterocycles. The second-order valence-corrected chi connectivity index (χ2v) is 6.69. The predicted molar refractivity (Wildman–Crippen MR) is 111 cm³/mol. The van der Waals surface area contributed by atoms with Crippen LogP contribution in [0, 0.1) is 5.82 Å². The van der Waals surface area contributed by atoms with E-state index in [0.29, 0.717) is 18.1 Å². The molecule has 5 rings (SSSR count). The van der Waals surface area contributed by atoms with Crippen LogP contribution in [0.1, 0.15) is 5.82 Å². The van der Waals surface area contributed by atoms with Gasteiger partial charge in [0.1, 0.15) is 11.6 Å². The number of halogens is 1. The molecule has 0 radical (unpaired) electrons. The number of nitrogens with one attached hydrogen (secondary N) is 3. The minimum absolute atomic E-state index is 0.284. The van der Waals surface area contributed by atoms with E-state index in [1.54, 1.807) is 16.6 Å². The lowest BCUT2D eigenvalue weighted by Crippen LogP contribution is -2.06. The van der Waals surface area contributed by atoms with Crippen molar-refractivity contribution in [1.29, 1.82) is 0 Å². The molecule has 3 N–H and O–H groups in total. The average Bonchev–Trinajstić information content (AvgIpc) is 3.32. The van der Waals surface area contributed by atoms with E-state index in [1.807, 2.05) is 37.4 Å². The maximum atomic E-state index is 13.1. The molecule has 3 aromatic heterocycles. The average molecular weight is 387 g/mol. The molecule has 0 aliphatic rings. The van der Waals surface area contributed by atoms with Gasteiger partial charge in [-0.05, 0) is 55.6 Å². The summed E-state index contributed by atoms with van der Waals surface area (Å²) in [5.74, 6) is 1.06. The van der Waals surface area contributed by atoms with Gasteiger partial charge in [0.05, 0.1) is 23.3 Å². The van der Waals surface area contributed by atoms with Crippen LogP contribution in [0.25, 0.3) is 27.9 Å². The number of hydrogen-bond acceptors (Lipinski definition) is 5. The highest BCUT2D eigenvalue weighted by Crippen LogP contribution is 2.25. The van der Waals surface area contributed by atoms with Gasteiger partial charge in [0.15, 0.2) is 5.65 Å². The van der Waals surface area contributed by atoms with Gasteiger partial charge < -0.3 is 15.6 Å². The number of hydrogen-bond donors (Lipinski definition) is 3. The van der Waals surface area contributed by atoms with Gasteiger partial charge in [-0.15, -0.1) is 5.10 Å². The van der Waals surface area contributed by atoms with Crippen LogP contribution in [-0.4, -0.2) is 31.6 Å². The van der Waals surface area contributed by atoms with Crippen molar-refractivity contribution in [2.24, 2.45) is 0 Å². The molecular weight excluding hydrogens is 369 g/mol. The quantitative estimate of drug-likeness (QED) is 0.426. The third-order valence-electron chi connectivity index (χ3n) is 4.63. The minimum atomic E-state index is -0.284. The Kier molecular flexibility index (Phi) is 4.18. The molecule has 7 nitrogen and oxygen atoms in total. The van der Waals surface area contributed by atoms with E-state index in [-0.39, 0.29) is 5.82 Å². The highest BCUT2D eigenvalue weighted by atomic mass is 19.1. The molecule has 144 valence electrons. The molecule has 0 amide bonds. The number of H-pyrrole nitrogens is 1. The normalized spacial score (nSPS) is 11.4. The molecule has 0 spiro atoms. The summed E-state index contributed by atoms with van der Waals surface area (Å²) in [5.41, 5.74) is 5.24. The number of benzene rings is 2. The number of nitrogens with zero attached hydrogens (tertiary/aromatic N) is 4. The first-order chi connectivity index (χ1) is 14.2. The summed E-state index contributed by atoms with van der Waals surface area (Å²) < 4.78 is 14.9. The first-order valence-electron chi connectivity index (χ1n) is 9.21. The fourth-order valence-electron chi connectivity index (χ4n) is 3.31. The summed E-state index contributed by atoms with van der Waals surface area (Å²) in [4.78, 5) is 12.4. The van der Waals surface area contributed by atoms with Crippen molar-refractivity contribution in [2.45, 2.75) is 6.54 Å². The van der Waals surface area contributed by atoms with Crippen molar-refractivity contribution in [2.75, 3.05) is 12.4 Å². The molecule has 0 saturated heterocycles. The number of pyridine rings is 1. The lowest BCUT2D eigenvalue weighted by atomic mass is 10.1. The molecule has 0 aliphatic heterocycles. The van der Waals surface area contributed by atoms with Crippen molar-refractivity contribution in [3.63, 3.8) is 0 Å². The van der Waals surface area contributed by atoms with Gasteiger partial charge in [-0.3, -0.25) is 0 Å². The van der Waals surface area contributed by atoms with Gasteiger partial charge in [-0.1, -0.05) is 12.1 Å². The summed E-state index contributed by atoms with van der Waals surface area (Å²) >= 11 is 0. The summed E-state index contributed by atoms with van der Waals surface area (Å²) in [6.07, 6.45) is 0. The molecule has 0 unspecified atom stereocenters. The Morgan fingerprint density at radius 2 is 1.90 bits per heavy atom. The van der Waals surface area contributed by atoms with Crippen LogP contribution >= 0.6 is 0 Å². The molecule has 29 heavy (non-hydrogen) atoms. The highest BCUT2D eigenvalue weighted by molar-refractivity contribution is 5.81. The molecule has 0 atom stereocenters. The van der Waals surface area contributed by atoms with Crippen LogP contribution in [0.3, 0.4) is 0 Å². The molecule has 8 heteroatoms. The Labute approximate surface area is 165 Å². The van der Waals surface area contributed by atoms with E-state index >= 15 is 0 Å².